The first-order chi connectivity index (χ1) is 17.1. The third-order valence-corrected chi connectivity index (χ3v) is 7.97. The van der Waals surface area contributed by atoms with E-state index in [2.05, 4.69) is 160 Å². The van der Waals surface area contributed by atoms with E-state index in [1.165, 1.54) is 40.1 Å². The Kier molecular flexibility index (Phi) is 6.10. The summed E-state index contributed by atoms with van der Waals surface area (Å²) in [7, 11) is 0. The molecule has 4 aromatic carbocycles. The van der Waals surface area contributed by atoms with Crippen molar-refractivity contribution in [1.29, 1.82) is 0 Å². The zero-order valence-corrected chi connectivity index (χ0v) is 23.5. The molecular weight excluding hydrogens is 654 g/mol. The number of rotatable bonds is 4. The van der Waals surface area contributed by atoms with Crippen LogP contribution in [-0.4, -0.2) is 9.55 Å². The molecule has 0 atom stereocenters. The number of benzene rings is 4. The van der Waals surface area contributed by atoms with Crippen molar-refractivity contribution in [2.45, 2.75) is 13.5 Å². The zero-order chi connectivity index (χ0) is 23.9. The molecule has 6 aromatic rings. The van der Waals surface area contributed by atoms with Crippen LogP contribution in [0.2, 0.25) is 0 Å². The van der Waals surface area contributed by atoms with Crippen molar-refractivity contribution < 1.29 is 0 Å². The lowest BCUT2D eigenvalue weighted by atomic mass is 9.98. The van der Waals surface area contributed by atoms with E-state index in [1.54, 1.807) is 0 Å². The van der Waals surface area contributed by atoms with Gasteiger partial charge in [0.1, 0.15) is 0 Å². The molecule has 0 radical (unpaired) electrons. The van der Waals surface area contributed by atoms with Gasteiger partial charge in [0.05, 0.1) is 11.4 Å². The summed E-state index contributed by atoms with van der Waals surface area (Å²) < 4.78 is 4.84. The van der Waals surface area contributed by atoms with Gasteiger partial charge in [0, 0.05) is 46.6 Å². The molecule has 170 valence electrons. The number of pyridine rings is 1. The second kappa shape index (κ2) is 9.39. The van der Waals surface area contributed by atoms with Crippen LogP contribution in [0.25, 0.3) is 55.4 Å². The topological polar surface area (TPSA) is 17.8 Å². The van der Waals surface area contributed by atoms with Crippen LogP contribution in [0, 0.1) is 7.14 Å². The number of para-hydroxylation sites is 1. The van der Waals surface area contributed by atoms with Crippen LogP contribution >= 0.6 is 45.2 Å². The van der Waals surface area contributed by atoms with Crippen molar-refractivity contribution in [3.05, 3.63) is 110 Å². The Morgan fingerprint density at radius 2 is 1.11 bits per heavy atom. The highest BCUT2D eigenvalue weighted by Gasteiger charge is 2.13. The van der Waals surface area contributed by atoms with Gasteiger partial charge in [-0.2, -0.15) is 0 Å². The summed E-state index contributed by atoms with van der Waals surface area (Å²) in [5.74, 6) is 0. The van der Waals surface area contributed by atoms with Crippen molar-refractivity contribution in [2.75, 3.05) is 0 Å². The highest BCUT2D eigenvalue weighted by Crippen LogP contribution is 2.35. The Labute approximate surface area is 232 Å². The molecular formula is C31H22I2N2. The lowest BCUT2D eigenvalue weighted by molar-refractivity contribution is 0.827. The average molecular weight is 676 g/mol. The first kappa shape index (κ1) is 22.7. The molecule has 0 bridgehead atoms. The normalized spacial score (nSPS) is 11.4. The van der Waals surface area contributed by atoms with E-state index in [-0.39, 0.29) is 0 Å². The fourth-order valence-corrected chi connectivity index (χ4v) is 5.53. The molecule has 2 aromatic heterocycles. The molecule has 0 aliphatic rings. The molecule has 0 N–H and O–H groups in total. The van der Waals surface area contributed by atoms with Crippen molar-refractivity contribution in [3.63, 3.8) is 0 Å². The minimum atomic E-state index is 0.951. The minimum Gasteiger partial charge on any atom is -0.341 e. The van der Waals surface area contributed by atoms with Crippen molar-refractivity contribution in [1.82, 2.24) is 9.55 Å². The highest BCUT2D eigenvalue weighted by molar-refractivity contribution is 14.1. The maximum absolute atomic E-state index is 5.08. The van der Waals surface area contributed by atoms with E-state index in [1.807, 2.05) is 0 Å². The molecule has 2 heterocycles. The van der Waals surface area contributed by atoms with E-state index >= 15 is 0 Å². The van der Waals surface area contributed by atoms with Crippen LogP contribution in [0.4, 0.5) is 0 Å². The van der Waals surface area contributed by atoms with Crippen LogP contribution in [-0.2, 0) is 6.54 Å². The first-order valence-corrected chi connectivity index (χ1v) is 13.8. The Balaban J connectivity index is 1.57. The van der Waals surface area contributed by atoms with E-state index in [0.29, 0.717) is 0 Å². The standard InChI is InChI=1S/C31H22I2N2/c1-2-35-30-6-4-3-5-26(30)27-17-22(11-16-31(27)35)23-18-28(20-7-12-24(32)13-8-20)34-29(19-23)21-9-14-25(33)15-10-21/h3-19H,2H2,1H3. The number of nitrogens with zero attached hydrogens (tertiary/aromatic N) is 2. The van der Waals surface area contributed by atoms with E-state index in [4.69, 9.17) is 4.98 Å². The van der Waals surface area contributed by atoms with Gasteiger partial charge in [0.2, 0.25) is 0 Å². The summed E-state index contributed by atoms with van der Waals surface area (Å²) in [4.78, 5) is 5.08. The predicted octanol–water partition coefficient (Wildman–Crippen LogP) is 9.42. The van der Waals surface area contributed by atoms with Gasteiger partial charge in [0.15, 0.2) is 0 Å². The maximum atomic E-state index is 5.08. The Hall–Kier alpha value is -2.71. The summed E-state index contributed by atoms with van der Waals surface area (Å²) in [6.45, 7) is 3.16. The summed E-state index contributed by atoms with van der Waals surface area (Å²) in [6.07, 6.45) is 0. The second-order valence-electron chi connectivity index (χ2n) is 8.63. The third kappa shape index (κ3) is 4.27. The quantitative estimate of drug-likeness (QED) is 0.170. The predicted molar refractivity (Wildman–Crippen MR) is 165 cm³/mol. The monoisotopic (exact) mass is 676 g/mol. The molecule has 0 amide bonds. The fourth-order valence-electron chi connectivity index (χ4n) is 4.81. The van der Waals surface area contributed by atoms with Crippen LogP contribution in [0.15, 0.2) is 103 Å². The third-order valence-electron chi connectivity index (χ3n) is 6.53. The minimum absolute atomic E-state index is 0.951. The molecule has 0 spiro atoms. The number of hydrogen-bond acceptors (Lipinski definition) is 1. The van der Waals surface area contributed by atoms with Gasteiger partial charge in [-0.05, 0) is 118 Å². The fraction of sp³-hybridized carbons (Fsp3) is 0.0645. The summed E-state index contributed by atoms with van der Waals surface area (Å²) in [5, 5.41) is 2.60. The van der Waals surface area contributed by atoms with Crippen LogP contribution in [0.1, 0.15) is 6.92 Å². The molecule has 0 aliphatic carbocycles. The summed E-state index contributed by atoms with van der Waals surface area (Å²) in [5.41, 5.74) is 9.19. The van der Waals surface area contributed by atoms with E-state index < -0.39 is 0 Å². The maximum Gasteiger partial charge on any atom is 0.0715 e. The molecule has 0 fully saturated rings. The van der Waals surface area contributed by atoms with E-state index in [9.17, 15) is 0 Å². The zero-order valence-electron chi connectivity index (χ0n) is 19.2. The van der Waals surface area contributed by atoms with Crippen molar-refractivity contribution in [2.24, 2.45) is 0 Å². The number of aromatic nitrogens is 2. The molecule has 35 heavy (non-hydrogen) atoms. The van der Waals surface area contributed by atoms with Crippen molar-refractivity contribution in [3.8, 4) is 33.6 Å². The lowest BCUT2D eigenvalue weighted by Crippen LogP contribution is -1.93. The van der Waals surface area contributed by atoms with Gasteiger partial charge in [0.25, 0.3) is 0 Å². The Morgan fingerprint density at radius 3 is 1.71 bits per heavy atom. The van der Waals surface area contributed by atoms with Gasteiger partial charge in [-0.1, -0.05) is 48.5 Å². The van der Waals surface area contributed by atoms with Gasteiger partial charge >= 0.3 is 0 Å². The molecule has 4 heteroatoms. The van der Waals surface area contributed by atoms with Gasteiger partial charge in [-0.25, -0.2) is 4.98 Å². The lowest BCUT2D eigenvalue weighted by Gasteiger charge is -2.11. The van der Waals surface area contributed by atoms with Gasteiger partial charge < -0.3 is 4.57 Å². The largest absolute Gasteiger partial charge is 0.341 e. The van der Waals surface area contributed by atoms with E-state index in [0.717, 1.165) is 29.1 Å². The average Bonchev–Trinajstić information content (AvgIpc) is 3.22. The molecule has 2 nitrogen and oxygen atoms in total. The first-order valence-electron chi connectivity index (χ1n) is 11.7. The van der Waals surface area contributed by atoms with Gasteiger partial charge in [-0.3, -0.25) is 0 Å². The molecule has 0 unspecified atom stereocenters. The second-order valence-corrected chi connectivity index (χ2v) is 11.1. The molecule has 0 saturated carbocycles. The molecule has 0 saturated heterocycles. The van der Waals surface area contributed by atoms with Crippen LogP contribution in [0.3, 0.4) is 0 Å². The Morgan fingerprint density at radius 1 is 0.571 bits per heavy atom. The molecule has 6 rings (SSSR count). The smallest absolute Gasteiger partial charge is 0.0715 e. The number of fused-ring (bicyclic) bond motifs is 3. The highest BCUT2D eigenvalue weighted by atomic mass is 127. The van der Waals surface area contributed by atoms with Crippen LogP contribution < -0.4 is 0 Å². The van der Waals surface area contributed by atoms with Gasteiger partial charge in [-0.15, -0.1) is 0 Å². The molecule has 0 aliphatic heterocycles. The summed E-state index contributed by atoms with van der Waals surface area (Å²) >= 11 is 4.70. The number of halogens is 2. The Bertz CT molecular complexity index is 1620. The van der Waals surface area contributed by atoms with Crippen LogP contribution in [0.5, 0.6) is 0 Å². The SMILES string of the molecule is CCn1c2ccccc2c2cc(-c3cc(-c4ccc(I)cc4)nc(-c4ccc(I)cc4)c3)ccc21. The number of hydrogen-bond donors (Lipinski definition) is 0. The summed E-state index contributed by atoms with van der Waals surface area (Å²) in [6, 6.07) is 37.2. The number of aryl methyl sites for hydroxylation is 1. The van der Waals surface area contributed by atoms with Crippen molar-refractivity contribution >= 4 is 67.0 Å².